The predicted octanol–water partition coefficient (Wildman–Crippen LogP) is 2.54. The van der Waals surface area contributed by atoms with E-state index in [1.165, 1.54) is 0 Å². The maximum absolute atomic E-state index is 11.4. The largest absolute Gasteiger partial charge is 0.404 e. The molecule has 6 heteroatoms. The van der Waals surface area contributed by atoms with Gasteiger partial charge in [-0.3, -0.25) is 0 Å². The number of rotatable bonds is 5. The van der Waals surface area contributed by atoms with Gasteiger partial charge >= 0.3 is 5.97 Å². The van der Waals surface area contributed by atoms with E-state index in [0.717, 1.165) is 0 Å². The average Bonchev–Trinajstić information content (AvgIpc) is 1.95. The molecule has 0 saturated carbocycles. The van der Waals surface area contributed by atoms with Crippen LogP contribution in [0.4, 0.5) is 0 Å². The molecule has 15 heavy (non-hydrogen) atoms. The fourth-order valence-corrected chi connectivity index (χ4v) is 2.30. The van der Waals surface area contributed by atoms with Crippen molar-refractivity contribution in [1.82, 2.24) is 0 Å². The molecule has 0 aromatic carbocycles. The molecule has 0 bridgehead atoms. The fraction of sp³-hybridized carbons (Fsp3) is 0.889. The molecule has 4 nitrogen and oxygen atoms in total. The molecule has 0 N–H and O–H groups in total. The Morgan fingerprint density at radius 2 is 1.47 bits per heavy atom. The van der Waals surface area contributed by atoms with E-state index in [1.54, 1.807) is 6.92 Å². The van der Waals surface area contributed by atoms with Gasteiger partial charge in [-0.2, -0.15) is 0 Å². The first kappa shape index (κ1) is 14.8. The van der Waals surface area contributed by atoms with E-state index >= 15 is 0 Å². The first-order valence-corrected chi connectivity index (χ1v) is 11.9. The van der Waals surface area contributed by atoms with Crippen LogP contribution in [0.1, 0.15) is 6.92 Å². The Hall–Kier alpha value is -0.176. The summed E-state index contributed by atoms with van der Waals surface area (Å²) in [6.45, 7) is 13.6. The smallest absolute Gasteiger partial charge is 0.367 e. The van der Waals surface area contributed by atoms with E-state index in [9.17, 15) is 4.79 Å². The molecule has 0 aliphatic carbocycles. The van der Waals surface area contributed by atoms with Crippen molar-refractivity contribution in [3.05, 3.63) is 0 Å². The second kappa shape index (κ2) is 5.24. The van der Waals surface area contributed by atoms with Gasteiger partial charge in [-0.1, -0.05) is 0 Å². The summed E-state index contributed by atoms with van der Waals surface area (Å²) in [6, 6.07) is 0. The van der Waals surface area contributed by atoms with Crippen molar-refractivity contribution in [2.75, 3.05) is 0 Å². The number of hydrogen-bond acceptors (Lipinski definition) is 4. The summed E-state index contributed by atoms with van der Waals surface area (Å²) in [5.74, 6) is -0.445. The van der Waals surface area contributed by atoms with Crippen LogP contribution in [-0.4, -0.2) is 28.7 Å². The molecule has 0 aliphatic rings. The summed E-state index contributed by atoms with van der Waals surface area (Å²) in [5, 5.41) is 0. The van der Waals surface area contributed by atoms with Crippen molar-refractivity contribution < 1.29 is 18.7 Å². The SMILES string of the molecule is CC(O[Si](C)(C)C)C(=O)OO[Si](C)(C)C. The summed E-state index contributed by atoms with van der Waals surface area (Å²) in [6.07, 6.45) is -0.548. The molecule has 0 aromatic rings. The molecule has 0 rings (SSSR count). The Balaban J connectivity index is 4.01. The monoisotopic (exact) mass is 250 g/mol. The molecular formula is C9H22O4Si2. The van der Waals surface area contributed by atoms with Gasteiger partial charge in [-0.15, -0.1) is 0 Å². The fourth-order valence-electron chi connectivity index (χ4n) is 0.812. The van der Waals surface area contributed by atoms with E-state index in [-0.39, 0.29) is 0 Å². The van der Waals surface area contributed by atoms with Crippen LogP contribution in [0.5, 0.6) is 0 Å². The van der Waals surface area contributed by atoms with Crippen molar-refractivity contribution in [1.29, 1.82) is 0 Å². The van der Waals surface area contributed by atoms with Crippen molar-refractivity contribution in [3.63, 3.8) is 0 Å². The highest BCUT2D eigenvalue weighted by molar-refractivity contribution is 6.70. The third-order valence-corrected chi connectivity index (χ3v) is 2.88. The second-order valence-corrected chi connectivity index (χ2v) is 14.3. The van der Waals surface area contributed by atoms with Gasteiger partial charge in [0.25, 0.3) is 0 Å². The standard InChI is InChI=1S/C9H22O4Si2/c1-8(12-14(2,3)4)9(10)11-13-15(5,6)7/h8H,1-7H3. The van der Waals surface area contributed by atoms with Gasteiger partial charge in [0.2, 0.25) is 8.32 Å². The lowest BCUT2D eigenvalue weighted by Crippen LogP contribution is -2.37. The van der Waals surface area contributed by atoms with Gasteiger partial charge in [-0.25, -0.2) is 9.37 Å². The highest BCUT2D eigenvalue weighted by Crippen LogP contribution is 2.10. The Labute approximate surface area is 94.1 Å². The third-order valence-electron chi connectivity index (χ3n) is 1.24. The second-order valence-electron chi connectivity index (χ2n) is 5.47. The molecule has 0 aromatic heterocycles. The zero-order chi connectivity index (χ0) is 12.3. The van der Waals surface area contributed by atoms with E-state index in [4.69, 9.17) is 13.9 Å². The van der Waals surface area contributed by atoms with Gasteiger partial charge < -0.3 is 9.31 Å². The lowest BCUT2D eigenvalue weighted by atomic mass is 10.4. The lowest BCUT2D eigenvalue weighted by Gasteiger charge is -2.23. The van der Waals surface area contributed by atoms with Crippen LogP contribution in [0.2, 0.25) is 39.3 Å². The van der Waals surface area contributed by atoms with E-state index in [0.29, 0.717) is 0 Å². The maximum atomic E-state index is 11.4. The van der Waals surface area contributed by atoms with Crippen LogP contribution in [0.25, 0.3) is 0 Å². The van der Waals surface area contributed by atoms with Crippen LogP contribution >= 0.6 is 0 Å². The molecule has 0 saturated heterocycles. The van der Waals surface area contributed by atoms with Crippen molar-refractivity contribution in [2.24, 2.45) is 0 Å². The predicted molar refractivity (Wildman–Crippen MR) is 64.4 cm³/mol. The summed E-state index contributed by atoms with van der Waals surface area (Å²) < 4.78 is 10.6. The third kappa shape index (κ3) is 8.79. The highest BCUT2D eigenvalue weighted by atomic mass is 28.4. The Morgan fingerprint density at radius 1 is 1.00 bits per heavy atom. The van der Waals surface area contributed by atoms with Crippen LogP contribution in [0, 0.1) is 0 Å². The van der Waals surface area contributed by atoms with Gasteiger partial charge in [0.1, 0.15) is 6.10 Å². The number of carbonyl (C=O) groups excluding carboxylic acids is 1. The van der Waals surface area contributed by atoms with Gasteiger partial charge in [0.15, 0.2) is 8.32 Å². The van der Waals surface area contributed by atoms with Gasteiger partial charge in [-0.05, 0) is 46.2 Å². The molecule has 0 heterocycles. The van der Waals surface area contributed by atoms with Crippen LogP contribution in [0.15, 0.2) is 0 Å². The summed E-state index contributed by atoms with van der Waals surface area (Å²) in [4.78, 5) is 16.2. The summed E-state index contributed by atoms with van der Waals surface area (Å²) >= 11 is 0. The van der Waals surface area contributed by atoms with Crippen LogP contribution < -0.4 is 0 Å². The molecular weight excluding hydrogens is 228 g/mol. The molecule has 0 amide bonds. The van der Waals surface area contributed by atoms with Crippen molar-refractivity contribution >= 4 is 22.6 Å². The lowest BCUT2D eigenvalue weighted by molar-refractivity contribution is -0.226. The maximum Gasteiger partial charge on any atom is 0.367 e. The molecule has 0 fully saturated rings. The van der Waals surface area contributed by atoms with Gasteiger partial charge in [0.05, 0.1) is 0 Å². The number of carbonyl (C=O) groups is 1. The number of hydrogen-bond donors (Lipinski definition) is 0. The minimum atomic E-state index is -1.81. The Bertz CT molecular complexity index is 217. The minimum Gasteiger partial charge on any atom is -0.404 e. The Morgan fingerprint density at radius 3 is 1.80 bits per heavy atom. The summed E-state index contributed by atoms with van der Waals surface area (Å²) in [7, 11) is -3.51. The normalized spacial score (nSPS) is 14.9. The zero-order valence-electron chi connectivity index (χ0n) is 10.7. The highest BCUT2D eigenvalue weighted by Gasteiger charge is 2.26. The minimum absolute atomic E-state index is 0.445. The zero-order valence-corrected chi connectivity index (χ0v) is 12.7. The molecule has 0 aliphatic heterocycles. The summed E-state index contributed by atoms with van der Waals surface area (Å²) in [5.41, 5.74) is 0. The molecule has 0 radical (unpaired) electrons. The quantitative estimate of drug-likeness (QED) is 0.427. The van der Waals surface area contributed by atoms with E-state index in [1.807, 2.05) is 39.3 Å². The van der Waals surface area contributed by atoms with Crippen LogP contribution in [-0.2, 0) is 18.7 Å². The first-order chi connectivity index (χ1) is 6.51. The van der Waals surface area contributed by atoms with E-state index < -0.39 is 28.7 Å². The average molecular weight is 250 g/mol. The van der Waals surface area contributed by atoms with Crippen molar-refractivity contribution in [2.45, 2.75) is 52.3 Å². The Kier molecular flexibility index (Phi) is 5.18. The van der Waals surface area contributed by atoms with Crippen molar-refractivity contribution in [3.8, 4) is 0 Å². The van der Waals surface area contributed by atoms with Crippen LogP contribution in [0.3, 0.4) is 0 Å². The molecule has 1 atom stereocenters. The van der Waals surface area contributed by atoms with E-state index in [2.05, 4.69) is 0 Å². The molecule has 0 spiro atoms. The van der Waals surface area contributed by atoms with Gasteiger partial charge in [0, 0.05) is 0 Å². The first-order valence-electron chi connectivity index (χ1n) is 5.08. The molecule has 1 unspecified atom stereocenters. The molecule has 90 valence electrons. The topological polar surface area (TPSA) is 44.8 Å².